The van der Waals surface area contributed by atoms with Crippen LogP contribution >= 0.6 is 27.5 Å². The third-order valence-electron chi connectivity index (χ3n) is 3.23. The molecule has 1 N–H and O–H groups in total. The molecule has 0 aliphatic rings. The van der Waals surface area contributed by atoms with Crippen molar-refractivity contribution in [3.8, 4) is 0 Å². The van der Waals surface area contributed by atoms with Crippen LogP contribution in [0.5, 0.6) is 0 Å². The van der Waals surface area contributed by atoms with Crippen LogP contribution < -0.4 is 10.2 Å². The highest BCUT2D eigenvalue weighted by Gasteiger charge is 2.11. The van der Waals surface area contributed by atoms with Crippen molar-refractivity contribution in [2.75, 3.05) is 17.3 Å². The Bertz CT molecular complexity index is 877. The third-order valence-corrected chi connectivity index (χ3v) is 4.01. The summed E-state index contributed by atoms with van der Waals surface area (Å²) in [6.45, 7) is 0. The van der Waals surface area contributed by atoms with Crippen molar-refractivity contribution in [1.82, 2.24) is 15.0 Å². The van der Waals surface area contributed by atoms with Crippen LogP contribution in [0.15, 0.2) is 53.3 Å². The lowest BCUT2D eigenvalue weighted by Gasteiger charge is -2.17. The first-order valence-electron chi connectivity index (χ1n) is 6.93. The normalized spacial score (nSPS) is 10.5. The van der Waals surface area contributed by atoms with E-state index in [0.29, 0.717) is 17.6 Å². The van der Waals surface area contributed by atoms with Gasteiger partial charge in [-0.2, -0.15) is 4.98 Å². The van der Waals surface area contributed by atoms with Gasteiger partial charge in [-0.25, -0.2) is 14.4 Å². The Kier molecular flexibility index (Phi) is 4.92. The molecular formula is C16H12BrClFN5. The summed E-state index contributed by atoms with van der Waals surface area (Å²) in [5.41, 5.74) is 1.51. The molecule has 5 nitrogen and oxygen atoms in total. The highest BCUT2D eigenvalue weighted by atomic mass is 79.9. The fourth-order valence-corrected chi connectivity index (χ4v) is 2.59. The highest BCUT2D eigenvalue weighted by molar-refractivity contribution is 9.10. The summed E-state index contributed by atoms with van der Waals surface area (Å²) in [5.74, 6) is 0.338. The predicted octanol–water partition coefficient (Wildman–Crippen LogP) is 4.94. The number of hydrogen-bond donors (Lipinski definition) is 1. The van der Waals surface area contributed by atoms with Crippen molar-refractivity contribution >= 4 is 50.8 Å². The van der Waals surface area contributed by atoms with Crippen LogP contribution in [0.25, 0.3) is 0 Å². The molecule has 0 amide bonds. The Hall–Kier alpha value is -2.25. The van der Waals surface area contributed by atoms with E-state index < -0.39 is 5.82 Å². The Morgan fingerprint density at radius 3 is 2.75 bits per heavy atom. The number of nitrogens with one attached hydrogen (secondary N) is 1. The zero-order valence-electron chi connectivity index (χ0n) is 12.5. The maximum absolute atomic E-state index is 13.3. The fraction of sp³-hybridized carbons (Fsp3) is 0.0625. The van der Waals surface area contributed by atoms with E-state index in [1.54, 1.807) is 18.0 Å². The van der Waals surface area contributed by atoms with E-state index in [2.05, 4.69) is 36.2 Å². The molecule has 0 spiro atoms. The van der Waals surface area contributed by atoms with Crippen molar-refractivity contribution in [3.63, 3.8) is 0 Å². The van der Waals surface area contributed by atoms with E-state index in [-0.39, 0.29) is 5.02 Å². The van der Waals surface area contributed by atoms with Gasteiger partial charge in [0, 0.05) is 22.9 Å². The van der Waals surface area contributed by atoms with Gasteiger partial charge in [-0.3, -0.25) is 0 Å². The number of benzene rings is 2. The zero-order chi connectivity index (χ0) is 17.1. The molecule has 0 aliphatic heterocycles. The highest BCUT2D eigenvalue weighted by Crippen LogP contribution is 2.26. The Balaban J connectivity index is 1.85. The molecule has 24 heavy (non-hydrogen) atoms. The largest absolute Gasteiger partial charge is 0.324 e. The molecule has 3 rings (SSSR count). The number of halogens is 3. The number of rotatable bonds is 4. The summed E-state index contributed by atoms with van der Waals surface area (Å²) in [5, 5.41) is 3.15. The van der Waals surface area contributed by atoms with Gasteiger partial charge in [0.25, 0.3) is 0 Å². The second-order valence-corrected chi connectivity index (χ2v) is 6.22. The van der Waals surface area contributed by atoms with Gasteiger partial charge in [-0.1, -0.05) is 33.6 Å². The molecular weight excluding hydrogens is 397 g/mol. The molecule has 122 valence electrons. The van der Waals surface area contributed by atoms with Gasteiger partial charge in [0.15, 0.2) is 0 Å². The Morgan fingerprint density at radius 2 is 2.00 bits per heavy atom. The quantitative estimate of drug-likeness (QED) is 0.663. The third kappa shape index (κ3) is 3.80. The van der Waals surface area contributed by atoms with Crippen molar-refractivity contribution < 1.29 is 4.39 Å². The van der Waals surface area contributed by atoms with E-state index in [4.69, 9.17) is 11.6 Å². The topological polar surface area (TPSA) is 53.9 Å². The smallest absolute Gasteiger partial charge is 0.234 e. The van der Waals surface area contributed by atoms with E-state index >= 15 is 0 Å². The van der Waals surface area contributed by atoms with Gasteiger partial charge in [0.2, 0.25) is 11.9 Å². The first-order chi connectivity index (χ1) is 11.5. The monoisotopic (exact) mass is 407 g/mol. The molecule has 2 aromatic carbocycles. The van der Waals surface area contributed by atoms with E-state index in [0.717, 1.165) is 10.2 Å². The Labute approximate surface area is 151 Å². The minimum atomic E-state index is -0.471. The summed E-state index contributed by atoms with van der Waals surface area (Å²) in [7, 11) is 1.77. The van der Waals surface area contributed by atoms with Crippen LogP contribution in [0.2, 0.25) is 5.02 Å². The zero-order valence-corrected chi connectivity index (χ0v) is 14.9. The maximum Gasteiger partial charge on any atom is 0.234 e. The van der Waals surface area contributed by atoms with E-state index in [1.165, 1.54) is 18.5 Å². The average Bonchev–Trinajstić information content (AvgIpc) is 2.57. The number of nitrogens with zero attached hydrogens (tertiary/aromatic N) is 4. The number of anilines is 4. The van der Waals surface area contributed by atoms with Crippen LogP contribution in [0.1, 0.15) is 0 Å². The Morgan fingerprint density at radius 1 is 1.17 bits per heavy atom. The lowest BCUT2D eigenvalue weighted by molar-refractivity contribution is 0.628. The second-order valence-electron chi connectivity index (χ2n) is 4.90. The van der Waals surface area contributed by atoms with E-state index in [1.807, 2.05) is 24.3 Å². The molecule has 0 saturated carbocycles. The van der Waals surface area contributed by atoms with Crippen LogP contribution in [0, 0.1) is 5.82 Å². The summed E-state index contributed by atoms with van der Waals surface area (Å²) < 4.78 is 14.2. The van der Waals surface area contributed by atoms with Gasteiger partial charge < -0.3 is 10.2 Å². The van der Waals surface area contributed by atoms with Crippen LogP contribution in [0.4, 0.5) is 27.7 Å². The minimum absolute atomic E-state index is 0.0425. The molecule has 0 unspecified atom stereocenters. The van der Waals surface area contributed by atoms with Gasteiger partial charge in [0.1, 0.15) is 12.1 Å². The molecule has 3 aromatic rings. The number of aromatic nitrogens is 3. The molecule has 0 bridgehead atoms. The van der Waals surface area contributed by atoms with Crippen LogP contribution in [0.3, 0.4) is 0 Å². The lowest BCUT2D eigenvalue weighted by Crippen LogP contribution is -2.14. The molecule has 0 aliphatic carbocycles. The molecule has 0 radical (unpaired) electrons. The molecule has 0 atom stereocenters. The van der Waals surface area contributed by atoms with Gasteiger partial charge >= 0.3 is 0 Å². The van der Waals surface area contributed by atoms with Crippen molar-refractivity contribution in [2.24, 2.45) is 0 Å². The molecule has 1 heterocycles. The molecule has 8 heteroatoms. The second kappa shape index (κ2) is 7.11. The summed E-state index contributed by atoms with van der Waals surface area (Å²) >= 11 is 9.24. The lowest BCUT2D eigenvalue weighted by atomic mass is 10.3. The predicted molar refractivity (Wildman–Crippen MR) is 96.7 cm³/mol. The minimum Gasteiger partial charge on any atom is -0.324 e. The summed E-state index contributed by atoms with van der Waals surface area (Å²) in [6.07, 6.45) is 1.41. The summed E-state index contributed by atoms with van der Waals surface area (Å²) in [4.78, 5) is 14.3. The van der Waals surface area contributed by atoms with Crippen molar-refractivity contribution in [2.45, 2.75) is 0 Å². The van der Waals surface area contributed by atoms with Gasteiger partial charge in [0.05, 0.1) is 5.02 Å². The number of hydrogen-bond acceptors (Lipinski definition) is 5. The van der Waals surface area contributed by atoms with Crippen molar-refractivity contribution in [3.05, 3.63) is 64.1 Å². The van der Waals surface area contributed by atoms with Crippen molar-refractivity contribution in [1.29, 1.82) is 0 Å². The summed E-state index contributed by atoms with van der Waals surface area (Å²) in [6, 6.07) is 12.1. The van der Waals surface area contributed by atoms with Gasteiger partial charge in [-0.05, 0) is 36.4 Å². The first kappa shape index (κ1) is 16.6. The van der Waals surface area contributed by atoms with Crippen LogP contribution in [-0.2, 0) is 0 Å². The standard InChI is InChI=1S/C16H12BrClFN5/c1-24(12-5-6-14(19)13(18)8-12)16-21-9-20-15(23-16)22-11-4-2-3-10(17)7-11/h2-9H,1H3,(H,20,21,22,23). The molecule has 1 aromatic heterocycles. The maximum atomic E-state index is 13.3. The first-order valence-corrected chi connectivity index (χ1v) is 8.10. The fourth-order valence-electron chi connectivity index (χ4n) is 2.01. The molecule has 0 saturated heterocycles. The molecule has 0 fully saturated rings. The van der Waals surface area contributed by atoms with Gasteiger partial charge in [-0.15, -0.1) is 0 Å². The average molecular weight is 409 g/mol. The SMILES string of the molecule is CN(c1ccc(F)c(Cl)c1)c1ncnc(Nc2cccc(Br)c2)n1. The van der Waals surface area contributed by atoms with E-state index in [9.17, 15) is 4.39 Å². The van der Waals surface area contributed by atoms with Crippen LogP contribution in [-0.4, -0.2) is 22.0 Å².